The molecular weight excluding hydrogens is 1360 g/mol. The van der Waals surface area contributed by atoms with Crippen LogP contribution in [0.1, 0.15) is 110 Å². The summed E-state index contributed by atoms with van der Waals surface area (Å²) in [5.41, 5.74) is 11.2. The van der Waals surface area contributed by atoms with Crippen molar-refractivity contribution in [2.45, 2.75) is 158 Å². The van der Waals surface area contributed by atoms with Crippen molar-refractivity contribution in [3.63, 3.8) is 0 Å². The summed E-state index contributed by atoms with van der Waals surface area (Å²) in [6, 6.07) is 2.25. The largest absolute Gasteiger partial charge is 0.480 e. The maximum Gasteiger partial charge on any atom is 0.317 e. The van der Waals surface area contributed by atoms with E-state index in [1.54, 1.807) is 43.2 Å². The second kappa shape index (κ2) is 45.3. The van der Waals surface area contributed by atoms with Crippen LogP contribution in [-0.2, 0) is 69.0 Å². The number of nitrogens with two attached hydrogens (primary N) is 2. The molecule has 0 aliphatic carbocycles. The molecular formula is C65H109N15O19S2. The van der Waals surface area contributed by atoms with Gasteiger partial charge < -0.3 is 84.0 Å². The summed E-state index contributed by atoms with van der Waals surface area (Å²) in [6.45, 7) is 7.97. The number of likely N-dealkylation sites (tertiary alicyclic amines) is 2. The molecule has 3 saturated heterocycles. The van der Waals surface area contributed by atoms with Gasteiger partial charge in [0.1, 0.15) is 35.9 Å². The SMILES string of the molecule is CC[C@H](C)[C@H](NC(=O)[C@H](CC(C)C)NC(=O)C1(NC(=O)CCSCc2cccc(CSCCC(=O)NC3CCN(CC(=O)N[C@H](CCC(=O)NCC[C@@H](O)[C@H](O)[C@H](O)CO)C(N)=O)CC3)n2)CCN(C(=O)CN2CCN(CC(=O)O)CCN(CC(=O)O)CCN(CC(=O)O)CC2)CC1)C(N)=O. The quantitative estimate of drug-likeness (QED) is 0.0276. The first-order valence-electron chi connectivity index (χ1n) is 34.6. The molecule has 36 heteroatoms. The highest BCUT2D eigenvalue weighted by molar-refractivity contribution is 7.98. The first-order chi connectivity index (χ1) is 47.9. The number of thioether (sulfide) groups is 2. The Bertz CT molecular complexity index is 2840. The van der Waals surface area contributed by atoms with Crippen LogP contribution in [0.3, 0.4) is 0 Å². The standard InChI is InChI=1S/C65H109N15O19S2/c1-5-43(4)59(62(67)97)73-63(98)48(33-42(2)3)72-64(99)65(16-21-80(22-17-65)55(88)35-76-23-25-77(36-56(89)90)27-29-79(38-58(93)94)30-28-78(26-24-76)37-57(91)92)74-53(86)15-32-101-41-46-8-6-7-45(69-46)40-100-31-14-52(85)70-44-12-19-75(20-13-44)34-54(87)71-47(61(66)96)9-10-51(84)68-18-11-49(82)60(95)50(83)39-81/h6-8,42-44,47-50,59-60,81-83,95H,5,9-41H2,1-4H3,(H2,66,96)(H2,67,97)(H,68,84)(H,70,85)(H,71,87)(H,72,99)(H,73,98)(H,74,86)(H,89,90)(H,91,92)(H,93,94)/t43-,47+,48-,49+,50+,59-,60-/m0/s1. The maximum atomic E-state index is 14.8. The Balaban J connectivity index is 1.30. The van der Waals surface area contributed by atoms with Gasteiger partial charge in [-0.3, -0.25) is 87.0 Å². The Hall–Kier alpha value is -6.87. The molecule has 3 aliphatic rings. The molecule has 4 heterocycles. The van der Waals surface area contributed by atoms with Crippen LogP contribution in [0, 0.1) is 11.8 Å². The van der Waals surface area contributed by atoms with Gasteiger partial charge in [-0.2, -0.15) is 23.5 Å². The minimum absolute atomic E-state index is 0.00993. The zero-order valence-corrected chi connectivity index (χ0v) is 60.2. The van der Waals surface area contributed by atoms with E-state index in [9.17, 15) is 88.2 Å². The Morgan fingerprint density at radius 3 is 1.57 bits per heavy atom. The van der Waals surface area contributed by atoms with Gasteiger partial charge in [0.05, 0.1) is 56.8 Å². The summed E-state index contributed by atoms with van der Waals surface area (Å²) in [5.74, 6) is -6.56. The number of carbonyl (C=O) groups is 12. The number of carboxylic acid groups (broad SMARTS) is 3. The lowest BCUT2D eigenvalue weighted by molar-refractivity contribution is -0.142. The Morgan fingerprint density at radius 1 is 0.594 bits per heavy atom. The van der Waals surface area contributed by atoms with E-state index >= 15 is 0 Å². The molecule has 1 aromatic rings. The topological polar surface area (TPSA) is 503 Å². The van der Waals surface area contributed by atoms with E-state index < -0.39 is 108 Å². The molecule has 101 heavy (non-hydrogen) atoms. The minimum atomic E-state index is -1.60. The minimum Gasteiger partial charge on any atom is -0.480 e. The number of carboxylic acids is 3. The Labute approximate surface area is 598 Å². The highest BCUT2D eigenvalue weighted by Gasteiger charge is 2.45. The lowest BCUT2D eigenvalue weighted by Crippen LogP contribution is -2.66. The van der Waals surface area contributed by atoms with Gasteiger partial charge in [0, 0.05) is 133 Å². The fourth-order valence-corrected chi connectivity index (χ4v) is 13.5. The number of primary amides is 2. The number of aliphatic carboxylic acids is 3. The molecule has 0 saturated carbocycles. The molecule has 0 unspecified atom stereocenters. The first kappa shape index (κ1) is 86.5. The van der Waals surface area contributed by atoms with Gasteiger partial charge in [0.15, 0.2) is 0 Å². The molecule has 9 amide bonds. The normalized spacial score (nSPS) is 18.6. The molecule has 34 nitrogen and oxygen atoms in total. The molecule has 4 rings (SSSR count). The summed E-state index contributed by atoms with van der Waals surface area (Å²) < 4.78 is 0. The van der Waals surface area contributed by atoms with Gasteiger partial charge in [-0.1, -0.05) is 40.2 Å². The van der Waals surface area contributed by atoms with Crippen molar-refractivity contribution in [3.05, 3.63) is 29.6 Å². The molecule has 3 fully saturated rings. The molecule has 0 spiro atoms. The van der Waals surface area contributed by atoms with Gasteiger partial charge in [0.2, 0.25) is 53.2 Å². The predicted octanol–water partition coefficient (Wildman–Crippen LogP) is -4.26. The van der Waals surface area contributed by atoms with E-state index in [0.717, 1.165) is 11.4 Å². The average Bonchev–Trinajstić information content (AvgIpc) is 0.793. The fraction of sp³-hybridized carbons (Fsp3) is 0.738. The Kier molecular flexibility index (Phi) is 38.8. The van der Waals surface area contributed by atoms with Gasteiger partial charge >= 0.3 is 17.9 Å². The number of hydrogen-bond acceptors (Lipinski definition) is 24. The van der Waals surface area contributed by atoms with Crippen molar-refractivity contribution in [2.75, 3.05) is 136 Å². The average molecular weight is 1470 g/mol. The van der Waals surface area contributed by atoms with Crippen molar-refractivity contribution in [2.24, 2.45) is 23.3 Å². The monoisotopic (exact) mass is 1470 g/mol. The molecule has 570 valence electrons. The third-order valence-corrected chi connectivity index (χ3v) is 20.0. The number of aromatic nitrogens is 1. The van der Waals surface area contributed by atoms with E-state index in [0.29, 0.717) is 55.4 Å². The van der Waals surface area contributed by atoms with Crippen molar-refractivity contribution in [1.82, 2.24) is 66.3 Å². The summed E-state index contributed by atoms with van der Waals surface area (Å²) in [6.07, 6.45) is -2.89. The second-order valence-corrected chi connectivity index (χ2v) is 28.8. The first-order valence-corrected chi connectivity index (χ1v) is 36.9. The van der Waals surface area contributed by atoms with Gasteiger partial charge in [0.25, 0.3) is 0 Å². The van der Waals surface area contributed by atoms with Crippen molar-refractivity contribution < 1.29 is 93.3 Å². The van der Waals surface area contributed by atoms with Crippen LogP contribution in [0.5, 0.6) is 0 Å². The van der Waals surface area contributed by atoms with Crippen LogP contribution >= 0.6 is 23.5 Å². The summed E-state index contributed by atoms with van der Waals surface area (Å²) in [5, 5.41) is 83.9. The highest BCUT2D eigenvalue weighted by atomic mass is 32.2. The number of pyridine rings is 1. The maximum absolute atomic E-state index is 14.8. The zero-order valence-electron chi connectivity index (χ0n) is 58.6. The molecule has 17 N–H and O–H groups in total. The number of nitrogens with one attached hydrogen (secondary N) is 6. The molecule has 3 aliphatic heterocycles. The third kappa shape index (κ3) is 33.0. The van der Waals surface area contributed by atoms with Crippen LogP contribution in [0.4, 0.5) is 0 Å². The lowest BCUT2D eigenvalue weighted by Gasteiger charge is -2.42. The van der Waals surface area contributed by atoms with E-state index in [-0.39, 0.29) is 186 Å². The van der Waals surface area contributed by atoms with E-state index in [1.165, 1.54) is 11.8 Å². The summed E-state index contributed by atoms with van der Waals surface area (Å²) in [4.78, 5) is 170. The zero-order chi connectivity index (χ0) is 74.8. The number of rotatable bonds is 42. The van der Waals surface area contributed by atoms with Gasteiger partial charge in [-0.05, 0) is 68.9 Å². The van der Waals surface area contributed by atoms with Crippen LogP contribution in [-0.4, -0.2) is 325 Å². The number of nitrogens with zero attached hydrogens (tertiary/aromatic N) is 7. The number of aliphatic hydroxyl groups is 4. The van der Waals surface area contributed by atoms with Crippen molar-refractivity contribution in [3.8, 4) is 0 Å². The van der Waals surface area contributed by atoms with E-state index in [1.807, 2.05) is 43.9 Å². The van der Waals surface area contributed by atoms with Gasteiger partial charge in [-0.25, -0.2) is 0 Å². The number of amides is 9. The van der Waals surface area contributed by atoms with E-state index in [4.69, 9.17) is 21.6 Å². The second-order valence-electron chi connectivity index (χ2n) is 26.6. The van der Waals surface area contributed by atoms with Crippen LogP contribution in [0.25, 0.3) is 0 Å². The number of piperidine rings is 2. The van der Waals surface area contributed by atoms with Crippen LogP contribution < -0.4 is 43.4 Å². The Morgan fingerprint density at radius 2 is 1.10 bits per heavy atom. The number of aliphatic hydroxyl groups excluding tert-OH is 4. The molecule has 7 atom stereocenters. The summed E-state index contributed by atoms with van der Waals surface area (Å²) >= 11 is 2.99. The fourth-order valence-electron chi connectivity index (χ4n) is 11.8. The number of carbonyl (C=O) groups excluding carboxylic acids is 9. The smallest absolute Gasteiger partial charge is 0.317 e. The highest BCUT2D eigenvalue weighted by Crippen LogP contribution is 2.26. The lowest BCUT2D eigenvalue weighted by atomic mass is 9.85. The number of hydrogen-bond donors (Lipinski definition) is 15. The van der Waals surface area contributed by atoms with Gasteiger partial charge in [-0.15, -0.1) is 0 Å². The molecule has 0 radical (unpaired) electrons. The van der Waals surface area contributed by atoms with Crippen LogP contribution in [0.15, 0.2) is 18.2 Å². The third-order valence-electron chi connectivity index (χ3n) is 18.0. The van der Waals surface area contributed by atoms with Crippen LogP contribution in [0.2, 0.25) is 0 Å². The predicted molar refractivity (Wildman–Crippen MR) is 374 cm³/mol. The molecule has 0 bridgehead atoms. The van der Waals surface area contributed by atoms with Crippen molar-refractivity contribution >= 4 is 94.6 Å². The van der Waals surface area contributed by atoms with Crippen molar-refractivity contribution in [1.29, 1.82) is 0 Å². The molecule has 0 aromatic carbocycles. The van der Waals surface area contributed by atoms with E-state index in [2.05, 4.69) is 31.9 Å². The molecule has 1 aromatic heterocycles. The summed E-state index contributed by atoms with van der Waals surface area (Å²) in [7, 11) is 0.